The summed E-state index contributed by atoms with van der Waals surface area (Å²) in [6.07, 6.45) is 5.12. The number of likely N-dealkylation sites (tertiary alicyclic amines) is 1. The molecule has 2 aliphatic rings. The molecule has 0 bridgehead atoms. The van der Waals surface area contributed by atoms with Gasteiger partial charge in [-0.05, 0) is 73.4 Å². The van der Waals surface area contributed by atoms with E-state index in [1.165, 1.54) is 16.7 Å². The largest absolute Gasteiger partial charge is 0.392 e. The van der Waals surface area contributed by atoms with Crippen molar-refractivity contribution in [2.45, 2.75) is 70.9 Å². The molecule has 2 fully saturated rings. The number of nitrogens with one attached hydrogen (secondary N) is 1. The van der Waals surface area contributed by atoms with E-state index in [4.69, 9.17) is 10.5 Å². The van der Waals surface area contributed by atoms with Gasteiger partial charge in [0.15, 0.2) is 0 Å². The number of anilines is 1. The van der Waals surface area contributed by atoms with Crippen LogP contribution in [0.5, 0.6) is 0 Å². The Morgan fingerprint density at radius 1 is 1.05 bits per heavy atom. The lowest BCUT2D eigenvalue weighted by atomic mass is 10.0. The number of aromatic nitrogens is 1. The van der Waals surface area contributed by atoms with Gasteiger partial charge in [-0.2, -0.15) is 0 Å². The molecular weight excluding hydrogens is 476 g/mol. The Bertz CT molecular complexity index is 1280. The van der Waals surface area contributed by atoms with Crippen molar-refractivity contribution in [2.24, 2.45) is 0 Å². The van der Waals surface area contributed by atoms with Crippen LogP contribution < -0.4 is 11.1 Å². The molecule has 38 heavy (non-hydrogen) atoms. The second kappa shape index (κ2) is 11.6. The summed E-state index contributed by atoms with van der Waals surface area (Å²) in [6.45, 7) is 7.21. The van der Waals surface area contributed by atoms with Crippen LogP contribution in [-0.2, 0) is 17.9 Å². The van der Waals surface area contributed by atoms with Crippen molar-refractivity contribution in [1.29, 1.82) is 0 Å². The molecule has 0 spiro atoms. The first-order valence-electron chi connectivity index (χ1n) is 13.6. The molecule has 7 nitrogen and oxygen atoms in total. The number of β-amino-alcohol motifs (C(OH)–C–C–N with tert-alkyl or cyclic N) is 1. The fraction of sp³-hybridized carbons (Fsp3) is 0.419. The quantitative estimate of drug-likeness (QED) is 0.412. The summed E-state index contributed by atoms with van der Waals surface area (Å²) in [4.78, 5) is 19.9. The van der Waals surface area contributed by atoms with Crippen LogP contribution in [0.25, 0.3) is 11.1 Å². The molecule has 7 heteroatoms. The average Bonchev–Trinajstić information content (AvgIpc) is 3.53. The fourth-order valence-corrected chi connectivity index (χ4v) is 5.47. The highest BCUT2D eigenvalue weighted by Crippen LogP contribution is 2.27. The van der Waals surface area contributed by atoms with Gasteiger partial charge >= 0.3 is 0 Å². The summed E-state index contributed by atoms with van der Waals surface area (Å²) in [5, 5.41) is 12.9. The van der Waals surface area contributed by atoms with E-state index in [0.29, 0.717) is 12.2 Å². The minimum Gasteiger partial charge on any atom is -0.392 e. The van der Waals surface area contributed by atoms with E-state index >= 15 is 0 Å². The van der Waals surface area contributed by atoms with E-state index in [-0.39, 0.29) is 30.0 Å². The maximum Gasteiger partial charge on any atom is 0.255 e. The molecule has 3 atom stereocenters. The van der Waals surface area contributed by atoms with Crippen molar-refractivity contribution < 1.29 is 14.6 Å². The summed E-state index contributed by atoms with van der Waals surface area (Å²) in [5.74, 6) is 0.00815. The number of carbonyl (C=O) groups is 1. The molecule has 1 aliphatic carbocycles. The van der Waals surface area contributed by atoms with Crippen molar-refractivity contribution in [3.63, 3.8) is 0 Å². The second-order valence-corrected chi connectivity index (χ2v) is 10.8. The minimum absolute atomic E-state index is 0.0258. The van der Waals surface area contributed by atoms with Crippen LogP contribution in [0.15, 0.2) is 54.7 Å². The fourth-order valence-electron chi connectivity index (χ4n) is 5.47. The number of aliphatic hydroxyl groups excluding tert-OH is 1. The van der Waals surface area contributed by atoms with Gasteiger partial charge < -0.3 is 20.9 Å². The predicted octanol–water partition coefficient (Wildman–Crippen LogP) is 4.38. The van der Waals surface area contributed by atoms with E-state index in [2.05, 4.69) is 59.4 Å². The van der Waals surface area contributed by atoms with Crippen molar-refractivity contribution in [2.75, 3.05) is 18.8 Å². The molecule has 2 heterocycles. The van der Waals surface area contributed by atoms with Gasteiger partial charge in [-0.1, -0.05) is 42.5 Å². The van der Waals surface area contributed by atoms with E-state index in [1.54, 1.807) is 6.20 Å². The summed E-state index contributed by atoms with van der Waals surface area (Å²) < 4.78 is 6.24. The zero-order valence-electron chi connectivity index (χ0n) is 22.3. The minimum atomic E-state index is -0.219. The van der Waals surface area contributed by atoms with Crippen LogP contribution in [0, 0.1) is 13.8 Å². The lowest BCUT2D eigenvalue weighted by Crippen LogP contribution is -2.41. The van der Waals surface area contributed by atoms with Crippen LogP contribution >= 0.6 is 0 Å². The molecule has 1 unspecified atom stereocenters. The number of pyridine rings is 1. The molecule has 5 rings (SSSR count). The normalized spacial score (nSPS) is 21.6. The molecule has 4 N–H and O–H groups in total. The highest BCUT2D eigenvalue weighted by Gasteiger charge is 2.30. The zero-order chi connectivity index (χ0) is 26.6. The van der Waals surface area contributed by atoms with Gasteiger partial charge in [-0.25, -0.2) is 4.98 Å². The van der Waals surface area contributed by atoms with Crippen LogP contribution in [0.2, 0.25) is 0 Å². The first-order valence-corrected chi connectivity index (χ1v) is 13.6. The number of benzene rings is 2. The maximum atomic E-state index is 13.3. The Kier molecular flexibility index (Phi) is 8.07. The Balaban J connectivity index is 1.22. The number of aryl methyl sites for hydroxylation is 2. The van der Waals surface area contributed by atoms with Gasteiger partial charge in [0.2, 0.25) is 0 Å². The number of aliphatic hydroxyl groups is 1. The summed E-state index contributed by atoms with van der Waals surface area (Å²) in [5.41, 5.74) is 13.2. The molecular formula is C31H38N4O3. The Morgan fingerprint density at radius 3 is 2.58 bits per heavy atom. The predicted molar refractivity (Wildman–Crippen MR) is 150 cm³/mol. The smallest absolute Gasteiger partial charge is 0.255 e. The summed E-state index contributed by atoms with van der Waals surface area (Å²) in [6, 6.07) is 16.4. The van der Waals surface area contributed by atoms with Crippen LogP contribution in [-0.4, -0.2) is 52.2 Å². The first kappa shape index (κ1) is 26.4. The molecule has 3 aromatic rings. The molecule has 0 radical (unpaired) electrons. The average molecular weight is 515 g/mol. The SMILES string of the molecule is Cc1ccc(CO[C@H]2CCC[C@@H]2NC(=O)c2cc(-c3ccc(CN4CCC(O)C4)cc3)cnc2N)cc1C. The van der Waals surface area contributed by atoms with Gasteiger partial charge in [0.25, 0.3) is 5.91 Å². The monoisotopic (exact) mass is 514 g/mol. The molecule has 1 saturated heterocycles. The number of nitrogen functional groups attached to an aromatic ring is 1. The maximum absolute atomic E-state index is 13.3. The van der Waals surface area contributed by atoms with Crippen LogP contribution in [0.4, 0.5) is 5.82 Å². The van der Waals surface area contributed by atoms with Gasteiger partial charge in [0.1, 0.15) is 5.82 Å². The van der Waals surface area contributed by atoms with E-state index in [0.717, 1.165) is 62.0 Å². The first-order chi connectivity index (χ1) is 18.4. The number of amides is 1. The number of nitrogens with two attached hydrogens (primary N) is 1. The Morgan fingerprint density at radius 2 is 1.84 bits per heavy atom. The lowest BCUT2D eigenvalue weighted by Gasteiger charge is -2.22. The third-order valence-corrected chi connectivity index (χ3v) is 7.91. The topological polar surface area (TPSA) is 101 Å². The van der Waals surface area contributed by atoms with E-state index in [9.17, 15) is 9.90 Å². The highest BCUT2D eigenvalue weighted by atomic mass is 16.5. The van der Waals surface area contributed by atoms with Crippen molar-refractivity contribution in [3.8, 4) is 11.1 Å². The summed E-state index contributed by atoms with van der Waals surface area (Å²) in [7, 11) is 0. The van der Waals surface area contributed by atoms with Crippen molar-refractivity contribution >= 4 is 11.7 Å². The molecule has 2 aromatic carbocycles. The van der Waals surface area contributed by atoms with E-state index in [1.807, 2.05) is 18.2 Å². The number of carbonyl (C=O) groups excluding carboxylic acids is 1. The second-order valence-electron chi connectivity index (χ2n) is 10.8. The Labute approximate surface area is 225 Å². The lowest BCUT2D eigenvalue weighted by molar-refractivity contribution is 0.0272. The Hall–Kier alpha value is -3.26. The number of nitrogens with zero attached hydrogens (tertiary/aromatic N) is 2. The third-order valence-electron chi connectivity index (χ3n) is 7.91. The third kappa shape index (κ3) is 6.23. The number of rotatable bonds is 8. The van der Waals surface area contributed by atoms with Crippen LogP contribution in [0.1, 0.15) is 58.3 Å². The van der Waals surface area contributed by atoms with Gasteiger partial charge in [0, 0.05) is 31.4 Å². The molecule has 200 valence electrons. The van der Waals surface area contributed by atoms with Gasteiger partial charge in [-0.3, -0.25) is 9.69 Å². The molecule has 1 amide bonds. The number of hydrogen-bond donors (Lipinski definition) is 3. The molecule has 1 aliphatic heterocycles. The number of ether oxygens (including phenoxy) is 1. The van der Waals surface area contributed by atoms with E-state index < -0.39 is 0 Å². The van der Waals surface area contributed by atoms with Crippen molar-refractivity contribution in [3.05, 3.63) is 82.5 Å². The molecule has 1 saturated carbocycles. The van der Waals surface area contributed by atoms with Crippen LogP contribution in [0.3, 0.4) is 0 Å². The highest BCUT2D eigenvalue weighted by molar-refractivity contribution is 5.99. The molecule has 1 aromatic heterocycles. The number of hydrogen-bond acceptors (Lipinski definition) is 6. The van der Waals surface area contributed by atoms with Crippen molar-refractivity contribution in [1.82, 2.24) is 15.2 Å². The van der Waals surface area contributed by atoms with Gasteiger partial charge in [0.05, 0.1) is 30.4 Å². The standard InChI is InChI=1S/C31H38N4O3/c1-20-6-7-23(14-21(20)2)19-38-29-5-3-4-28(29)34-31(37)27-15-25(16-33-30(27)32)24-10-8-22(9-11-24)17-35-13-12-26(36)18-35/h6-11,14-16,26,28-29,36H,3-5,12-13,17-19H2,1-2H3,(H2,32,33)(H,34,37)/t26?,28-,29-/m0/s1. The summed E-state index contributed by atoms with van der Waals surface area (Å²) >= 11 is 0. The van der Waals surface area contributed by atoms with Gasteiger partial charge in [-0.15, -0.1) is 0 Å². The zero-order valence-corrected chi connectivity index (χ0v) is 22.3.